The van der Waals surface area contributed by atoms with Crippen molar-refractivity contribution >= 4 is 0 Å². The van der Waals surface area contributed by atoms with Gasteiger partial charge in [0.2, 0.25) is 0 Å². The second kappa shape index (κ2) is 8.28. The fraction of sp³-hybridized carbons (Fsp3) is 1.00. The molecule has 0 saturated heterocycles. The van der Waals surface area contributed by atoms with Crippen molar-refractivity contribution in [2.45, 2.75) is 64.7 Å². The van der Waals surface area contributed by atoms with E-state index in [0.29, 0.717) is 0 Å². The van der Waals surface area contributed by atoms with Crippen LogP contribution in [0.25, 0.3) is 0 Å². The van der Waals surface area contributed by atoms with Crippen LogP contribution in [0.4, 0.5) is 0 Å². The largest absolute Gasteiger partial charge is 0.317 e. The lowest BCUT2D eigenvalue weighted by Gasteiger charge is -2.21. The molecule has 0 aromatic carbocycles. The molecule has 1 saturated carbocycles. The van der Waals surface area contributed by atoms with Gasteiger partial charge in [-0.2, -0.15) is 0 Å². The highest BCUT2D eigenvalue weighted by Crippen LogP contribution is 2.27. The van der Waals surface area contributed by atoms with Crippen molar-refractivity contribution in [3.05, 3.63) is 0 Å². The molecule has 0 bridgehead atoms. The Morgan fingerprint density at radius 1 is 1.00 bits per heavy atom. The summed E-state index contributed by atoms with van der Waals surface area (Å²) in [6, 6.07) is 0. The van der Waals surface area contributed by atoms with Crippen molar-refractivity contribution in [2.75, 3.05) is 13.1 Å². The van der Waals surface area contributed by atoms with E-state index < -0.39 is 0 Å². The maximum absolute atomic E-state index is 3.47. The van der Waals surface area contributed by atoms with Gasteiger partial charge < -0.3 is 5.32 Å². The maximum atomic E-state index is 3.47. The SMILES string of the molecule is CCCNCCCCC1CCCCC1. The molecule has 1 nitrogen and oxygen atoms in total. The highest BCUT2D eigenvalue weighted by molar-refractivity contribution is 4.65. The van der Waals surface area contributed by atoms with E-state index in [0.717, 1.165) is 5.92 Å². The smallest absolute Gasteiger partial charge is 0.00489 e. The van der Waals surface area contributed by atoms with Crippen LogP contribution in [0, 0.1) is 5.92 Å². The Morgan fingerprint density at radius 3 is 2.50 bits per heavy atom. The van der Waals surface area contributed by atoms with Gasteiger partial charge in [0.1, 0.15) is 0 Å². The van der Waals surface area contributed by atoms with Crippen LogP contribution in [0.1, 0.15) is 64.7 Å². The van der Waals surface area contributed by atoms with Crippen molar-refractivity contribution in [3.63, 3.8) is 0 Å². The fourth-order valence-corrected chi connectivity index (χ4v) is 2.46. The molecule has 0 atom stereocenters. The average Bonchev–Trinajstić information content (AvgIpc) is 2.25. The Morgan fingerprint density at radius 2 is 1.79 bits per heavy atom. The third-order valence-corrected chi connectivity index (χ3v) is 3.37. The van der Waals surface area contributed by atoms with Gasteiger partial charge in [-0.05, 0) is 31.8 Å². The quantitative estimate of drug-likeness (QED) is 0.613. The summed E-state index contributed by atoms with van der Waals surface area (Å²) in [6.07, 6.45) is 13.1. The molecule has 0 amide bonds. The molecule has 84 valence electrons. The van der Waals surface area contributed by atoms with Gasteiger partial charge in [0, 0.05) is 0 Å². The maximum Gasteiger partial charge on any atom is -0.00489 e. The van der Waals surface area contributed by atoms with Crippen LogP contribution in [0.5, 0.6) is 0 Å². The summed E-state index contributed by atoms with van der Waals surface area (Å²) in [6.45, 7) is 4.67. The van der Waals surface area contributed by atoms with Crippen molar-refractivity contribution in [3.8, 4) is 0 Å². The van der Waals surface area contributed by atoms with Gasteiger partial charge in [-0.3, -0.25) is 0 Å². The van der Waals surface area contributed by atoms with Gasteiger partial charge in [0.05, 0.1) is 0 Å². The first-order valence-corrected chi connectivity index (χ1v) is 6.64. The number of nitrogens with one attached hydrogen (secondary N) is 1. The molecular formula is C13H27N. The molecule has 0 aliphatic heterocycles. The van der Waals surface area contributed by atoms with Crippen molar-refractivity contribution in [1.82, 2.24) is 5.32 Å². The molecule has 1 heteroatoms. The van der Waals surface area contributed by atoms with E-state index in [1.165, 1.54) is 70.9 Å². The van der Waals surface area contributed by atoms with Crippen molar-refractivity contribution in [1.29, 1.82) is 0 Å². The predicted molar refractivity (Wildman–Crippen MR) is 63.6 cm³/mol. The minimum Gasteiger partial charge on any atom is -0.317 e. The molecule has 0 aromatic rings. The molecule has 1 N–H and O–H groups in total. The van der Waals surface area contributed by atoms with Crippen LogP contribution < -0.4 is 5.32 Å². The zero-order valence-electron chi connectivity index (χ0n) is 9.86. The molecule has 1 fully saturated rings. The monoisotopic (exact) mass is 197 g/mol. The fourth-order valence-electron chi connectivity index (χ4n) is 2.46. The summed E-state index contributed by atoms with van der Waals surface area (Å²) < 4.78 is 0. The Labute approximate surface area is 89.7 Å². The number of hydrogen-bond acceptors (Lipinski definition) is 1. The Kier molecular flexibility index (Phi) is 7.12. The van der Waals surface area contributed by atoms with Crippen LogP contribution in [-0.4, -0.2) is 13.1 Å². The topological polar surface area (TPSA) is 12.0 Å². The van der Waals surface area contributed by atoms with E-state index in [1.807, 2.05) is 0 Å². The van der Waals surface area contributed by atoms with E-state index in [-0.39, 0.29) is 0 Å². The van der Waals surface area contributed by atoms with Crippen molar-refractivity contribution in [2.24, 2.45) is 5.92 Å². The molecule has 0 aromatic heterocycles. The van der Waals surface area contributed by atoms with E-state index in [9.17, 15) is 0 Å². The van der Waals surface area contributed by atoms with Crippen LogP contribution in [-0.2, 0) is 0 Å². The summed E-state index contributed by atoms with van der Waals surface area (Å²) in [7, 11) is 0. The normalized spacial score (nSPS) is 18.6. The standard InChI is InChI=1S/C13H27N/c1-2-11-14-12-7-6-10-13-8-4-3-5-9-13/h13-14H,2-12H2,1H3. The van der Waals surface area contributed by atoms with Gasteiger partial charge >= 0.3 is 0 Å². The summed E-state index contributed by atoms with van der Waals surface area (Å²) in [5, 5.41) is 3.47. The summed E-state index contributed by atoms with van der Waals surface area (Å²) in [5.41, 5.74) is 0. The van der Waals surface area contributed by atoms with Crippen LogP contribution in [0.15, 0.2) is 0 Å². The second-order valence-corrected chi connectivity index (χ2v) is 4.75. The highest BCUT2D eigenvalue weighted by atomic mass is 14.8. The minimum atomic E-state index is 1.08. The van der Waals surface area contributed by atoms with Crippen LogP contribution in [0.3, 0.4) is 0 Å². The van der Waals surface area contributed by atoms with E-state index >= 15 is 0 Å². The lowest BCUT2D eigenvalue weighted by atomic mass is 9.86. The van der Waals surface area contributed by atoms with Crippen LogP contribution >= 0.6 is 0 Å². The molecule has 0 spiro atoms. The van der Waals surface area contributed by atoms with E-state index in [4.69, 9.17) is 0 Å². The van der Waals surface area contributed by atoms with Crippen molar-refractivity contribution < 1.29 is 0 Å². The van der Waals surface area contributed by atoms with E-state index in [1.54, 1.807) is 0 Å². The van der Waals surface area contributed by atoms with E-state index in [2.05, 4.69) is 12.2 Å². The summed E-state index contributed by atoms with van der Waals surface area (Å²) in [5.74, 6) is 1.08. The molecular weight excluding hydrogens is 170 g/mol. The molecule has 0 unspecified atom stereocenters. The van der Waals surface area contributed by atoms with Gasteiger partial charge in [-0.15, -0.1) is 0 Å². The third kappa shape index (κ3) is 5.64. The predicted octanol–water partition coefficient (Wildman–Crippen LogP) is 3.74. The first kappa shape index (κ1) is 12.0. The first-order chi connectivity index (χ1) is 6.93. The van der Waals surface area contributed by atoms with Gasteiger partial charge in [-0.1, -0.05) is 51.9 Å². The summed E-state index contributed by atoms with van der Waals surface area (Å²) >= 11 is 0. The number of unbranched alkanes of at least 4 members (excludes halogenated alkanes) is 1. The minimum absolute atomic E-state index is 1.08. The lowest BCUT2D eigenvalue weighted by Crippen LogP contribution is -2.16. The second-order valence-electron chi connectivity index (χ2n) is 4.75. The molecule has 1 aliphatic carbocycles. The highest BCUT2D eigenvalue weighted by Gasteiger charge is 2.12. The lowest BCUT2D eigenvalue weighted by molar-refractivity contribution is 0.329. The molecule has 1 aliphatic rings. The third-order valence-electron chi connectivity index (χ3n) is 3.37. The Balaban J connectivity index is 1.82. The molecule has 14 heavy (non-hydrogen) atoms. The molecule has 0 radical (unpaired) electrons. The molecule has 0 heterocycles. The number of hydrogen-bond donors (Lipinski definition) is 1. The Bertz CT molecular complexity index is 116. The van der Waals surface area contributed by atoms with Gasteiger partial charge in [0.15, 0.2) is 0 Å². The van der Waals surface area contributed by atoms with Crippen LogP contribution in [0.2, 0.25) is 0 Å². The van der Waals surface area contributed by atoms with Gasteiger partial charge in [0.25, 0.3) is 0 Å². The number of rotatable bonds is 7. The Hall–Kier alpha value is -0.0400. The first-order valence-electron chi connectivity index (χ1n) is 6.64. The zero-order chi connectivity index (χ0) is 10.1. The zero-order valence-corrected chi connectivity index (χ0v) is 9.86. The average molecular weight is 197 g/mol. The molecule has 1 rings (SSSR count). The summed E-state index contributed by atoms with van der Waals surface area (Å²) in [4.78, 5) is 0. The van der Waals surface area contributed by atoms with Gasteiger partial charge in [-0.25, -0.2) is 0 Å².